The lowest BCUT2D eigenvalue weighted by atomic mass is 10.3. The van der Waals surface area contributed by atoms with Gasteiger partial charge in [0, 0.05) is 13.2 Å². The van der Waals surface area contributed by atoms with Crippen LogP contribution in [0.25, 0.3) is 0 Å². The number of hydrogen-bond acceptors (Lipinski definition) is 1. The van der Waals surface area contributed by atoms with Gasteiger partial charge in [0.15, 0.2) is 0 Å². The maximum absolute atomic E-state index is 5.27. The van der Waals surface area contributed by atoms with Crippen molar-refractivity contribution in [3.8, 4) is 0 Å². The highest BCUT2D eigenvalue weighted by Gasteiger charge is 2.20. The molecule has 9 heavy (non-hydrogen) atoms. The van der Waals surface area contributed by atoms with E-state index in [4.69, 9.17) is 4.74 Å². The fraction of sp³-hybridized carbons (Fsp3) is 0.875. The Bertz CT molecular complexity index is 67.0. The third-order valence-electron chi connectivity index (χ3n) is 1.66. The molecule has 1 fully saturated rings. The van der Waals surface area contributed by atoms with Crippen molar-refractivity contribution in [2.75, 3.05) is 13.2 Å². The molecule has 0 atom stereocenters. The molecule has 0 aliphatic heterocycles. The summed E-state index contributed by atoms with van der Waals surface area (Å²) in [6, 6.07) is 0. The Kier molecular flexibility index (Phi) is 3.05. The first kappa shape index (κ1) is 7.07. The summed E-state index contributed by atoms with van der Waals surface area (Å²) in [7, 11) is 0. The molecule has 0 spiro atoms. The molecule has 1 heteroatoms. The second-order valence-corrected chi connectivity index (χ2v) is 2.70. The van der Waals surface area contributed by atoms with Crippen molar-refractivity contribution in [3.63, 3.8) is 0 Å². The first-order valence-corrected chi connectivity index (χ1v) is 3.80. The van der Waals surface area contributed by atoms with Crippen LogP contribution >= 0.6 is 0 Å². The minimum Gasteiger partial charge on any atom is -0.381 e. The van der Waals surface area contributed by atoms with Crippen LogP contribution in [0.15, 0.2) is 0 Å². The topological polar surface area (TPSA) is 9.23 Å². The molecule has 1 rings (SSSR count). The van der Waals surface area contributed by atoms with Gasteiger partial charge >= 0.3 is 0 Å². The summed E-state index contributed by atoms with van der Waals surface area (Å²) < 4.78 is 5.27. The highest BCUT2D eigenvalue weighted by molar-refractivity contribution is 4.72. The standard InChI is InChI=1S/C8H15O/c1-2-6-9-7-5-8-3-4-8/h8H,1-7H2. The highest BCUT2D eigenvalue weighted by atomic mass is 16.5. The van der Waals surface area contributed by atoms with Gasteiger partial charge in [0.25, 0.3) is 0 Å². The molecule has 1 radical (unpaired) electrons. The van der Waals surface area contributed by atoms with E-state index >= 15 is 0 Å². The van der Waals surface area contributed by atoms with E-state index in [2.05, 4.69) is 6.92 Å². The molecule has 0 heterocycles. The van der Waals surface area contributed by atoms with Crippen LogP contribution < -0.4 is 0 Å². The van der Waals surface area contributed by atoms with Gasteiger partial charge in [-0.3, -0.25) is 0 Å². The van der Waals surface area contributed by atoms with Crippen LogP contribution in [0.2, 0.25) is 0 Å². The van der Waals surface area contributed by atoms with Crippen LogP contribution in [0.3, 0.4) is 0 Å². The Morgan fingerprint density at radius 2 is 2.11 bits per heavy atom. The fourth-order valence-corrected chi connectivity index (χ4v) is 0.861. The van der Waals surface area contributed by atoms with Crippen molar-refractivity contribution in [2.45, 2.75) is 25.7 Å². The zero-order valence-corrected chi connectivity index (χ0v) is 5.94. The van der Waals surface area contributed by atoms with Gasteiger partial charge in [-0.25, -0.2) is 0 Å². The summed E-state index contributed by atoms with van der Waals surface area (Å²) in [5.74, 6) is 1.01. The predicted molar refractivity (Wildman–Crippen MR) is 38.1 cm³/mol. The van der Waals surface area contributed by atoms with E-state index in [-0.39, 0.29) is 0 Å². The Balaban J connectivity index is 1.71. The van der Waals surface area contributed by atoms with Crippen LogP contribution in [0.1, 0.15) is 25.7 Å². The van der Waals surface area contributed by atoms with Crippen LogP contribution in [0.4, 0.5) is 0 Å². The van der Waals surface area contributed by atoms with E-state index in [1.807, 2.05) is 0 Å². The molecule has 0 bridgehead atoms. The molecule has 1 saturated carbocycles. The summed E-state index contributed by atoms with van der Waals surface area (Å²) >= 11 is 0. The molecule has 0 aromatic rings. The lowest BCUT2D eigenvalue weighted by Crippen LogP contribution is -1.95. The largest absolute Gasteiger partial charge is 0.381 e. The Hall–Kier alpha value is -0.0400. The average molecular weight is 127 g/mol. The Morgan fingerprint density at radius 1 is 1.33 bits per heavy atom. The van der Waals surface area contributed by atoms with Gasteiger partial charge in [0.05, 0.1) is 0 Å². The van der Waals surface area contributed by atoms with Gasteiger partial charge in [-0.2, -0.15) is 0 Å². The molecule has 0 N–H and O–H groups in total. The minimum absolute atomic E-state index is 0.840. The van der Waals surface area contributed by atoms with Crippen LogP contribution in [0.5, 0.6) is 0 Å². The quantitative estimate of drug-likeness (QED) is 0.513. The van der Waals surface area contributed by atoms with E-state index in [0.29, 0.717) is 0 Å². The third kappa shape index (κ3) is 3.52. The highest BCUT2D eigenvalue weighted by Crippen LogP contribution is 2.31. The predicted octanol–water partition coefficient (Wildman–Crippen LogP) is 2.03. The Morgan fingerprint density at radius 3 is 2.67 bits per heavy atom. The van der Waals surface area contributed by atoms with E-state index < -0.39 is 0 Å². The van der Waals surface area contributed by atoms with E-state index in [1.165, 1.54) is 19.3 Å². The lowest BCUT2D eigenvalue weighted by Gasteiger charge is -1.98. The SMILES string of the molecule is [CH2]CCOCCC1CC1. The first-order valence-electron chi connectivity index (χ1n) is 3.80. The van der Waals surface area contributed by atoms with Gasteiger partial charge in [-0.15, -0.1) is 0 Å². The van der Waals surface area contributed by atoms with Gasteiger partial charge < -0.3 is 4.74 Å². The van der Waals surface area contributed by atoms with E-state index in [1.54, 1.807) is 0 Å². The molecule has 0 amide bonds. The first-order chi connectivity index (χ1) is 4.43. The molecule has 0 saturated heterocycles. The van der Waals surface area contributed by atoms with Crippen molar-refractivity contribution in [3.05, 3.63) is 6.92 Å². The third-order valence-corrected chi connectivity index (χ3v) is 1.66. The maximum Gasteiger partial charge on any atom is 0.0468 e. The summed E-state index contributed by atoms with van der Waals surface area (Å²) in [4.78, 5) is 0. The van der Waals surface area contributed by atoms with Gasteiger partial charge in [-0.1, -0.05) is 19.8 Å². The smallest absolute Gasteiger partial charge is 0.0468 e. The minimum atomic E-state index is 0.840. The summed E-state index contributed by atoms with van der Waals surface area (Å²) in [6.45, 7) is 5.49. The van der Waals surface area contributed by atoms with Crippen molar-refractivity contribution in [1.29, 1.82) is 0 Å². The molecule has 1 aliphatic carbocycles. The van der Waals surface area contributed by atoms with Crippen LogP contribution in [-0.2, 0) is 4.74 Å². The second-order valence-electron chi connectivity index (χ2n) is 2.70. The molecule has 1 nitrogen and oxygen atoms in total. The van der Waals surface area contributed by atoms with Crippen molar-refractivity contribution in [2.24, 2.45) is 5.92 Å². The number of hydrogen-bond donors (Lipinski definition) is 0. The normalized spacial score (nSPS) is 18.3. The zero-order chi connectivity index (χ0) is 6.53. The van der Waals surface area contributed by atoms with Gasteiger partial charge in [-0.05, 0) is 18.8 Å². The summed E-state index contributed by atoms with van der Waals surface area (Å²) in [6.07, 6.45) is 5.06. The van der Waals surface area contributed by atoms with Crippen LogP contribution in [-0.4, -0.2) is 13.2 Å². The van der Waals surface area contributed by atoms with Crippen molar-refractivity contribution >= 4 is 0 Å². The number of ether oxygens (including phenoxy) is 1. The summed E-state index contributed by atoms with van der Waals surface area (Å²) in [5.41, 5.74) is 0. The van der Waals surface area contributed by atoms with Gasteiger partial charge in [0.1, 0.15) is 0 Å². The zero-order valence-electron chi connectivity index (χ0n) is 5.94. The lowest BCUT2D eigenvalue weighted by molar-refractivity contribution is 0.132. The molecular weight excluding hydrogens is 112 g/mol. The van der Waals surface area contributed by atoms with Crippen LogP contribution in [0, 0.1) is 12.8 Å². The molecule has 0 aromatic heterocycles. The second kappa shape index (κ2) is 3.89. The fourth-order valence-electron chi connectivity index (χ4n) is 0.861. The van der Waals surface area contributed by atoms with Gasteiger partial charge in [0.2, 0.25) is 0 Å². The Labute approximate surface area is 57.4 Å². The summed E-state index contributed by atoms with van der Waals surface area (Å²) in [5, 5.41) is 0. The maximum atomic E-state index is 5.27. The average Bonchev–Trinajstić information content (AvgIpc) is 2.63. The van der Waals surface area contributed by atoms with E-state index in [0.717, 1.165) is 25.6 Å². The number of rotatable bonds is 5. The molecule has 53 valence electrons. The van der Waals surface area contributed by atoms with Crippen molar-refractivity contribution < 1.29 is 4.74 Å². The van der Waals surface area contributed by atoms with Crippen molar-refractivity contribution in [1.82, 2.24) is 0 Å². The molecule has 1 aliphatic rings. The van der Waals surface area contributed by atoms with E-state index in [9.17, 15) is 0 Å². The molecule has 0 unspecified atom stereocenters. The molecular formula is C8H15O. The molecule has 0 aromatic carbocycles. The monoisotopic (exact) mass is 127 g/mol.